The summed E-state index contributed by atoms with van der Waals surface area (Å²) >= 11 is 0. The number of hydrogen-bond acceptors (Lipinski definition) is 4. The predicted octanol–water partition coefficient (Wildman–Crippen LogP) is 0.756. The molecule has 0 spiro atoms. The Kier molecular flexibility index (Phi) is 4.20. The maximum Gasteiger partial charge on any atom is 0.241 e. The molecule has 0 aromatic heterocycles. The number of nitrogens with one attached hydrogen (secondary N) is 1. The molecule has 1 N–H and O–H groups in total. The summed E-state index contributed by atoms with van der Waals surface area (Å²) in [6.45, 7) is 6.09. The number of carbonyl (C=O) groups is 1. The maximum absolute atomic E-state index is 12.3. The summed E-state index contributed by atoms with van der Waals surface area (Å²) < 4.78 is 23.6. The van der Waals surface area contributed by atoms with Gasteiger partial charge in [0.05, 0.1) is 23.7 Å². The fourth-order valence-corrected chi connectivity index (χ4v) is 4.78. The first-order chi connectivity index (χ1) is 8.80. The lowest BCUT2D eigenvalue weighted by atomic mass is 10.1. The molecule has 2 heterocycles. The number of carbonyl (C=O) groups excluding carboxylic acids is 1. The number of nitrogens with zero attached hydrogens (tertiary/aromatic N) is 1. The largest absolute Gasteiger partial charge is 0.322 e. The Balaban J connectivity index is 2.16. The summed E-state index contributed by atoms with van der Waals surface area (Å²) in [5.41, 5.74) is 0. The lowest BCUT2D eigenvalue weighted by Gasteiger charge is -2.35. The molecule has 2 aliphatic heterocycles. The third kappa shape index (κ3) is 3.28. The van der Waals surface area contributed by atoms with Crippen molar-refractivity contribution in [3.8, 4) is 0 Å². The zero-order valence-corrected chi connectivity index (χ0v) is 12.7. The molecule has 5 nitrogen and oxygen atoms in total. The van der Waals surface area contributed by atoms with Crippen LogP contribution in [-0.2, 0) is 14.6 Å². The van der Waals surface area contributed by atoms with Gasteiger partial charge in [-0.3, -0.25) is 10.1 Å². The van der Waals surface area contributed by atoms with Crippen LogP contribution >= 0.6 is 0 Å². The van der Waals surface area contributed by atoms with Crippen LogP contribution in [0.3, 0.4) is 0 Å². The van der Waals surface area contributed by atoms with Crippen molar-refractivity contribution >= 4 is 15.7 Å². The van der Waals surface area contributed by atoms with Crippen LogP contribution in [0.1, 0.15) is 40.0 Å². The van der Waals surface area contributed by atoms with E-state index in [2.05, 4.69) is 19.2 Å². The highest BCUT2D eigenvalue weighted by Crippen LogP contribution is 2.26. The highest BCUT2D eigenvalue weighted by molar-refractivity contribution is 7.91. The third-order valence-corrected chi connectivity index (χ3v) is 5.73. The van der Waals surface area contributed by atoms with Gasteiger partial charge in [0.1, 0.15) is 0 Å². The molecule has 0 bridgehead atoms. The Hall–Kier alpha value is -0.620. The molecule has 110 valence electrons. The standard InChI is InChI=1S/C13H24N2O3S/c1-9(2)7-12-14-10(3)13(16)15(12)11-5-4-6-19(17,18)8-11/h9-12,14H,4-8H2,1-3H3. The summed E-state index contributed by atoms with van der Waals surface area (Å²) in [5, 5.41) is 3.29. The second kappa shape index (κ2) is 5.40. The van der Waals surface area contributed by atoms with Crippen LogP contribution in [-0.4, -0.2) is 49.0 Å². The van der Waals surface area contributed by atoms with Crippen LogP contribution in [0, 0.1) is 5.92 Å². The molecule has 3 unspecified atom stereocenters. The van der Waals surface area contributed by atoms with Crippen LogP contribution in [0.2, 0.25) is 0 Å². The van der Waals surface area contributed by atoms with Gasteiger partial charge < -0.3 is 4.90 Å². The molecule has 0 radical (unpaired) electrons. The maximum atomic E-state index is 12.3. The first-order valence-electron chi connectivity index (χ1n) is 7.09. The monoisotopic (exact) mass is 288 g/mol. The average Bonchev–Trinajstić information content (AvgIpc) is 2.52. The summed E-state index contributed by atoms with van der Waals surface area (Å²) in [6, 6.07) is -0.346. The van der Waals surface area contributed by atoms with E-state index in [0.29, 0.717) is 12.3 Å². The van der Waals surface area contributed by atoms with Gasteiger partial charge in [0, 0.05) is 6.04 Å². The van der Waals surface area contributed by atoms with Gasteiger partial charge >= 0.3 is 0 Å². The fraction of sp³-hybridized carbons (Fsp3) is 0.923. The van der Waals surface area contributed by atoms with Crippen molar-refractivity contribution in [2.24, 2.45) is 5.92 Å². The average molecular weight is 288 g/mol. The minimum Gasteiger partial charge on any atom is -0.322 e. The molecular weight excluding hydrogens is 264 g/mol. The molecule has 2 rings (SSSR count). The van der Waals surface area contributed by atoms with Crippen LogP contribution < -0.4 is 5.32 Å². The minimum atomic E-state index is -2.98. The molecule has 19 heavy (non-hydrogen) atoms. The summed E-state index contributed by atoms with van der Waals surface area (Å²) in [6.07, 6.45) is 2.32. The molecule has 2 saturated heterocycles. The first kappa shape index (κ1) is 14.8. The Morgan fingerprint density at radius 2 is 2.11 bits per heavy atom. The van der Waals surface area contributed by atoms with Gasteiger partial charge in [-0.25, -0.2) is 8.42 Å². The lowest BCUT2D eigenvalue weighted by molar-refractivity contribution is -0.132. The summed E-state index contributed by atoms with van der Waals surface area (Å²) in [5.74, 6) is 0.913. The van der Waals surface area contributed by atoms with Gasteiger partial charge in [0.2, 0.25) is 5.91 Å². The van der Waals surface area contributed by atoms with E-state index in [1.54, 1.807) is 4.90 Å². The molecule has 2 fully saturated rings. The minimum absolute atomic E-state index is 0.0131. The van der Waals surface area contributed by atoms with Crippen LogP contribution in [0.15, 0.2) is 0 Å². The van der Waals surface area contributed by atoms with E-state index < -0.39 is 9.84 Å². The number of hydrogen-bond donors (Lipinski definition) is 1. The SMILES string of the molecule is CC(C)CC1NC(C)C(=O)N1C1CCCS(=O)(=O)C1. The summed E-state index contributed by atoms with van der Waals surface area (Å²) in [7, 11) is -2.98. The molecule has 0 aromatic carbocycles. The Morgan fingerprint density at radius 3 is 2.68 bits per heavy atom. The van der Waals surface area contributed by atoms with Crippen molar-refractivity contribution in [1.29, 1.82) is 0 Å². The van der Waals surface area contributed by atoms with Crippen molar-refractivity contribution in [3.63, 3.8) is 0 Å². The van der Waals surface area contributed by atoms with Gasteiger partial charge in [-0.1, -0.05) is 13.8 Å². The highest BCUT2D eigenvalue weighted by Gasteiger charge is 2.42. The third-order valence-electron chi connectivity index (χ3n) is 3.93. The van der Waals surface area contributed by atoms with Crippen LogP contribution in [0.5, 0.6) is 0 Å². The van der Waals surface area contributed by atoms with E-state index in [4.69, 9.17) is 0 Å². The van der Waals surface area contributed by atoms with E-state index in [-0.39, 0.29) is 35.7 Å². The van der Waals surface area contributed by atoms with E-state index in [1.807, 2.05) is 6.92 Å². The molecular formula is C13H24N2O3S. The second-order valence-electron chi connectivity index (χ2n) is 6.19. The molecule has 0 saturated carbocycles. The topological polar surface area (TPSA) is 66.5 Å². The van der Waals surface area contributed by atoms with E-state index >= 15 is 0 Å². The van der Waals surface area contributed by atoms with Crippen LogP contribution in [0.4, 0.5) is 0 Å². The second-order valence-corrected chi connectivity index (χ2v) is 8.42. The smallest absolute Gasteiger partial charge is 0.241 e. The molecule has 0 aliphatic carbocycles. The lowest BCUT2D eigenvalue weighted by Crippen LogP contribution is -2.50. The summed E-state index contributed by atoms with van der Waals surface area (Å²) in [4.78, 5) is 14.1. The quantitative estimate of drug-likeness (QED) is 0.832. The van der Waals surface area contributed by atoms with Gasteiger partial charge in [0.15, 0.2) is 9.84 Å². The number of amides is 1. The molecule has 3 atom stereocenters. The number of rotatable bonds is 3. The Labute approximate surface area is 115 Å². The Morgan fingerprint density at radius 1 is 1.42 bits per heavy atom. The van der Waals surface area contributed by atoms with E-state index in [0.717, 1.165) is 12.8 Å². The predicted molar refractivity (Wildman–Crippen MR) is 74.4 cm³/mol. The van der Waals surface area contributed by atoms with Crippen LogP contribution in [0.25, 0.3) is 0 Å². The van der Waals surface area contributed by atoms with Gasteiger partial charge in [-0.2, -0.15) is 0 Å². The normalized spacial score (nSPS) is 35.1. The molecule has 0 aromatic rings. The first-order valence-corrected chi connectivity index (χ1v) is 8.91. The van der Waals surface area contributed by atoms with Crippen molar-refractivity contribution < 1.29 is 13.2 Å². The fourth-order valence-electron chi connectivity index (χ4n) is 3.10. The molecule has 6 heteroatoms. The number of sulfone groups is 1. The zero-order chi connectivity index (χ0) is 14.2. The van der Waals surface area contributed by atoms with Crippen molar-refractivity contribution in [1.82, 2.24) is 10.2 Å². The highest BCUT2D eigenvalue weighted by atomic mass is 32.2. The zero-order valence-electron chi connectivity index (χ0n) is 11.9. The van der Waals surface area contributed by atoms with E-state index in [9.17, 15) is 13.2 Å². The van der Waals surface area contributed by atoms with Gasteiger partial charge in [-0.05, 0) is 32.1 Å². The molecule has 2 aliphatic rings. The van der Waals surface area contributed by atoms with E-state index in [1.165, 1.54) is 0 Å². The van der Waals surface area contributed by atoms with Gasteiger partial charge in [-0.15, -0.1) is 0 Å². The van der Waals surface area contributed by atoms with Crippen molar-refractivity contribution in [2.75, 3.05) is 11.5 Å². The van der Waals surface area contributed by atoms with Gasteiger partial charge in [0.25, 0.3) is 0 Å². The molecule has 1 amide bonds. The Bertz CT molecular complexity index is 447. The van der Waals surface area contributed by atoms with Crippen molar-refractivity contribution in [2.45, 2.75) is 58.3 Å². The van der Waals surface area contributed by atoms with Crippen molar-refractivity contribution in [3.05, 3.63) is 0 Å².